The largest absolute Gasteiger partial charge is 0.488 e. The predicted octanol–water partition coefficient (Wildman–Crippen LogP) is 3.29. The molecule has 0 fully saturated rings. The summed E-state index contributed by atoms with van der Waals surface area (Å²) < 4.78 is 5.62. The zero-order valence-electron chi connectivity index (χ0n) is 10.6. The van der Waals surface area contributed by atoms with E-state index in [0.717, 1.165) is 0 Å². The van der Waals surface area contributed by atoms with E-state index in [0.29, 0.717) is 21.9 Å². The minimum Gasteiger partial charge on any atom is -0.488 e. The van der Waals surface area contributed by atoms with Crippen molar-refractivity contribution in [2.75, 3.05) is 0 Å². The van der Waals surface area contributed by atoms with Crippen molar-refractivity contribution >= 4 is 17.3 Å². The van der Waals surface area contributed by atoms with Crippen molar-refractivity contribution in [2.24, 2.45) is 5.73 Å². The number of nitrogens with two attached hydrogens (primary N) is 1. The summed E-state index contributed by atoms with van der Waals surface area (Å²) >= 11 is 6.02. The van der Waals surface area contributed by atoms with Crippen LogP contribution in [0.3, 0.4) is 0 Å². The van der Waals surface area contributed by atoms with Gasteiger partial charge in [-0.15, -0.1) is 0 Å². The normalized spacial score (nSPS) is 10.3. The molecule has 0 atom stereocenters. The average molecular weight is 293 g/mol. The molecule has 2 aromatic carbocycles. The minimum absolute atomic E-state index is 0.0313. The van der Waals surface area contributed by atoms with Crippen molar-refractivity contribution in [3.63, 3.8) is 0 Å². The summed E-state index contributed by atoms with van der Waals surface area (Å²) in [7, 11) is 0. The molecule has 2 rings (SSSR count). The zero-order valence-corrected chi connectivity index (χ0v) is 11.3. The maximum absolute atomic E-state index is 10.9. The van der Waals surface area contributed by atoms with Gasteiger partial charge in [0, 0.05) is 23.2 Å². The molecular formula is C14H13ClN2O3. The fourth-order valence-corrected chi connectivity index (χ4v) is 2.08. The zero-order chi connectivity index (χ0) is 14.5. The Morgan fingerprint density at radius 3 is 2.65 bits per heavy atom. The third-order valence-corrected chi connectivity index (χ3v) is 3.21. The molecule has 0 bridgehead atoms. The minimum atomic E-state index is -0.430. The smallest absolute Gasteiger partial charge is 0.276 e. The fourth-order valence-electron chi connectivity index (χ4n) is 1.84. The lowest BCUT2D eigenvalue weighted by molar-refractivity contribution is -0.385. The van der Waals surface area contributed by atoms with Gasteiger partial charge in [0.05, 0.1) is 10.5 Å². The first-order chi connectivity index (χ1) is 9.63. The van der Waals surface area contributed by atoms with E-state index in [1.54, 1.807) is 36.4 Å². The van der Waals surface area contributed by atoms with Crippen molar-refractivity contribution in [3.8, 4) is 5.75 Å². The molecule has 0 radical (unpaired) electrons. The molecule has 2 N–H and O–H groups in total. The van der Waals surface area contributed by atoms with Crippen molar-refractivity contribution < 1.29 is 9.66 Å². The monoisotopic (exact) mass is 292 g/mol. The molecule has 6 heteroatoms. The molecule has 0 heterocycles. The molecule has 20 heavy (non-hydrogen) atoms. The molecule has 0 saturated carbocycles. The van der Waals surface area contributed by atoms with Crippen molar-refractivity contribution in [3.05, 3.63) is 68.7 Å². The Balaban J connectivity index is 2.22. The summed E-state index contributed by atoms with van der Waals surface area (Å²) in [4.78, 5) is 10.5. The highest BCUT2D eigenvalue weighted by Gasteiger charge is 2.14. The summed E-state index contributed by atoms with van der Waals surface area (Å²) in [5, 5.41) is 11.4. The Hall–Kier alpha value is -2.11. The molecule has 0 aliphatic rings. The Kier molecular flexibility index (Phi) is 4.55. The molecule has 0 amide bonds. The molecule has 0 spiro atoms. The number of rotatable bonds is 5. The Morgan fingerprint density at radius 2 is 1.95 bits per heavy atom. The molecule has 0 saturated heterocycles. The quantitative estimate of drug-likeness (QED) is 0.677. The van der Waals surface area contributed by atoms with Gasteiger partial charge in [-0.3, -0.25) is 10.1 Å². The van der Waals surface area contributed by atoms with Crippen molar-refractivity contribution in [1.82, 2.24) is 0 Å². The van der Waals surface area contributed by atoms with E-state index < -0.39 is 4.92 Å². The third-order valence-electron chi connectivity index (χ3n) is 2.85. The summed E-state index contributed by atoms with van der Waals surface area (Å²) in [5.41, 5.74) is 6.85. The van der Waals surface area contributed by atoms with Crippen LogP contribution in [-0.4, -0.2) is 4.92 Å². The van der Waals surface area contributed by atoms with Crippen LogP contribution in [-0.2, 0) is 13.2 Å². The molecule has 2 aromatic rings. The third kappa shape index (κ3) is 3.07. The van der Waals surface area contributed by atoms with Gasteiger partial charge in [-0.25, -0.2) is 0 Å². The van der Waals surface area contributed by atoms with E-state index in [9.17, 15) is 10.1 Å². The van der Waals surface area contributed by atoms with Crippen molar-refractivity contribution in [1.29, 1.82) is 0 Å². The van der Waals surface area contributed by atoms with Crippen LogP contribution in [0.1, 0.15) is 11.1 Å². The number of nitro benzene ring substituents is 1. The number of halogens is 1. The van der Waals surface area contributed by atoms with E-state index >= 15 is 0 Å². The van der Waals surface area contributed by atoms with Crippen molar-refractivity contribution in [2.45, 2.75) is 13.2 Å². The maximum Gasteiger partial charge on any atom is 0.276 e. The van der Waals surface area contributed by atoms with Gasteiger partial charge in [0.15, 0.2) is 0 Å². The highest BCUT2D eigenvalue weighted by Crippen LogP contribution is 2.27. The lowest BCUT2D eigenvalue weighted by Crippen LogP contribution is -2.05. The first kappa shape index (κ1) is 14.3. The standard InChI is InChI=1S/C14H13ClN2O3/c15-12-5-3-7-14(11(12)8-16)20-9-10-4-1-2-6-13(10)17(18)19/h1-7H,8-9,16H2. The number of benzene rings is 2. The summed E-state index contributed by atoms with van der Waals surface area (Å²) in [6.45, 7) is 0.330. The highest BCUT2D eigenvalue weighted by molar-refractivity contribution is 6.31. The van der Waals surface area contributed by atoms with E-state index in [1.807, 2.05) is 0 Å². The van der Waals surface area contributed by atoms with Crippen LogP contribution in [0.15, 0.2) is 42.5 Å². The first-order valence-electron chi connectivity index (χ1n) is 5.96. The number of hydrogen-bond donors (Lipinski definition) is 1. The van der Waals surface area contributed by atoms with Gasteiger partial charge in [0.2, 0.25) is 0 Å². The van der Waals surface area contributed by atoms with Gasteiger partial charge in [-0.1, -0.05) is 29.8 Å². The van der Waals surface area contributed by atoms with Crippen LogP contribution >= 0.6 is 11.6 Å². The Labute approximate surface area is 121 Å². The number of nitro groups is 1. The van der Waals surface area contributed by atoms with Crippen LogP contribution in [0.25, 0.3) is 0 Å². The van der Waals surface area contributed by atoms with Gasteiger partial charge < -0.3 is 10.5 Å². The van der Waals surface area contributed by atoms with Crippen LogP contribution in [0.2, 0.25) is 5.02 Å². The lowest BCUT2D eigenvalue weighted by Gasteiger charge is -2.11. The van der Waals surface area contributed by atoms with Gasteiger partial charge in [-0.05, 0) is 18.2 Å². The molecule has 0 aromatic heterocycles. The van der Waals surface area contributed by atoms with Crippen LogP contribution in [0.5, 0.6) is 5.75 Å². The van der Waals surface area contributed by atoms with E-state index in [2.05, 4.69) is 0 Å². The van der Waals surface area contributed by atoms with Gasteiger partial charge in [-0.2, -0.15) is 0 Å². The topological polar surface area (TPSA) is 78.4 Å². The number of ether oxygens (including phenoxy) is 1. The van der Waals surface area contributed by atoms with Crippen LogP contribution < -0.4 is 10.5 Å². The fraction of sp³-hybridized carbons (Fsp3) is 0.143. The van der Waals surface area contributed by atoms with Gasteiger partial charge >= 0.3 is 0 Å². The van der Waals surface area contributed by atoms with Crippen LogP contribution in [0.4, 0.5) is 5.69 Å². The lowest BCUT2D eigenvalue weighted by atomic mass is 10.2. The second-order valence-corrected chi connectivity index (χ2v) is 4.50. The second kappa shape index (κ2) is 6.36. The summed E-state index contributed by atoms with van der Waals surface area (Å²) in [5.74, 6) is 0.540. The molecule has 104 valence electrons. The predicted molar refractivity (Wildman–Crippen MR) is 76.8 cm³/mol. The summed E-state index contributed by atoms with van der Waals surface area (Å²) in [6.07, 6.45) is 0. The Bertz CT molecular complexity index is 632. The highest BCUT2D eigenvalue weighted by atomic mass is 35.5. The molecule has 0 unspecified atom stereocenters. The molecule has 0 aliphatic carbocycles. The number of nitrogens with zero attached hydrogens (tertiary/aromatic N) is 1. The number of para-hydroxylation sites is 1. The van der Waals surface area contributed by atoms with E-state index in [1.165, 1.54) is 6.07 Å². The first-order valence-corrected chi connectivity index (χ1v) is 6.34. The average Bonchev–Trinajstić information content (AvgIpc) is 2.45. The Morgan fingerprint density at radius 1 is 1.20 bits per heavy atom. The van der Waals surface area contributed by atoms with E-state index in [-0.39, 0.29) is 18.8 Å². The maximum atomic E-state index is 10.9. The molecule has 5 nitrogen and oxygen atoms in total. The van der Waals surface area contributed by atoms with Crippen LogP contribution in [0, 0.1) is 10.1 Å². The van der Waals surface area contributed by atoms with Gasteiger partial charge in [0.25, 0.3) is 5.69 Å². The van der Waals surface area contributed by atoms with Gasteiger partial charge in [0.1, 0.15) is 12.4 Å². The SMILES string of the molecule is NCc1c(Cl)cccc1OCc1ccccc1[N+](=O)[O-]. The molecular weight excluding hydrogens is 280 g/mol. The second-order valence-electron chi connectivity index (χ2n) is 4.10. The van der Waals surface area contributed by atoms with E-state index in [4.69, 9.17) is 22.1 Å². The number of hydrogen-bond acceptors (Lipinski definition) is 4. The summed E-state index contributed by atoms with van der Waals surface area (Å²) in [6, 6.07) is 11.7. The molecule has 0 aliphatic heterocycles.